The zero-order valence-corrected chi connectivity index (χ0v) is 12.2. The third kappa shape index (κ3) is 2.25. The summed E-state index contributed by atoms with van der Waals surface area (Å²) in [6.45, 7) is 6.25. The molecule has 1 fully saturated rings. The second-order valence-electron chi connectivity index (χ2n) is 5.10. The van der Waals surface area contributed by atoms with Gasteiger partial charge in [0.2, 0.25) is 0 Å². The van der Waals surface area contributed by atoms with E-state index in [0.717, 1.165) is 42.3 Å². The molecule has 2 aromatic rings. The smallest absolute Gasteiger partial charge is 0.158 e. The Bertz CT molecular complexity index is 629. The maximum absolute atomic E-state index is 6.11. The monoisotopic (exact) mass is 276 g/mol. The minimum Gasteiger partial charge on any atom is -0.221 e. The first-order chi connectivity index (χ1) is 9.10. The van der Waals surface area contributed by atoms with E-state index in [2.05, 4.69) is 28.9 Å². The molecule has 0 amide bonds. The molecule has 5 heteroatoms. The van der Waals surface area contributed by atoms with E-state index in [1.807, 2.05) is 11.6 Å². The summed E-state index contributed by atoms with van der Waals surface area (Å²) in [6, 6.07) is 1.78. The molecule has 1 aliphatic rings. The highest BCUT2D eigenvalue weighted by atomic mass is 35.5. The maximum atomic E-state index is 6.11. The number of hydrogen-bond donors (Lipinski definition) is 0. The van der Waals surface area contributed by atoms with Gasteiger partial charge in [-0.15, -0.1) is 0 Å². The molecule has 0 saturated heterocycles. The quantitative estimate of drug-likeness (QED) is 0.807. The van der Waals surface area contributed by atoms with E-state index in [9.17, 15) is 0 Å². The van der Waals surface area contributed by atoms with Gasteiger partial charge < -0.3 is 0 Å². The lowest BCUT2D eigenvalue weighted by Gasteiger charge is -2.06. The van der Waals surface area contributed by atoms with Gasteiger partial charge in [0.15, 0.2) is 5.82 Å². The topological polar surface area (TPSA) is 43.6 Å². The first-order valence-electron chi connectivity index (χ1n) is 6.70. The van der Waals surface area contributed by atoms with Gasteiger partial charge in [0.1, 0.15) is 11.0 Å². The zero-order valence-electron chi connectivity index (χ0n) is 11.4. The highest BCUT2D eigenvalue weighted by molar-refractivity contribution is 6.29. The summed E-state index contributed by atoms with van der Waals surface area (Å²) in [5.74, 6) is 2.12. The van der Waals surface area contributed by atoms with Gasteiger partial charge in [-0.25, -0.2) is 14.6 Å². The Hall–Kier alpha value is -1.42. The molecule has 0 N–H and O–H groups in total. The molecule has 0 aromatic carbocycles. The number of aromatic nitrogens is 4. The van der Waals surface area contributed by atoms with Crippen molar-refractivity contribution in [1.29, 1.82) is 0 Å². The van der Waals surface area contributed by atoms with Gasteiger partial charge in [-0.1, -0.05) is 18.5 Å². The van der Waals surface area contributed by atoms with Crippen LogP contribution < -0.4 is 0 Å². The molecule has 0 unspecified atom stereocenters. The predicted molar refractivity (Wildman–Crippen MR) is 75.0 cm³/mol. The van der Waals surface area contributed by atoms with Crippen LogP contribution >= 0.6 is 11.6 Å². The molecule has 1 saturated carbocycles. The van der Waals surface area contributed by atoms with Gasteiger partial charge in [-0.3, -0.25) is 0 Å². The van der Waals surface area contributed by atoms with Crippen molar-refractivity contribution >= 4 is 11.6 Å². The molecule has 0 atom stereocenters. The first-order valence-corrected chi connectivity index (χ1v) is 7.08. The van der Waals surface area contributed by atoms with Crippen molar-refractivity contribution in [2.45, 2.75) is 46.0 Å². The van der Waals surface area contributed by atoms with Crippen LogP contribution in [0.5, 0.6) is 0 Å². The first kappa shape index (κ1) is 12.6. The molecule has 4 nitrogen and oxygen atoms in total. The summed E-state index contributed by atoms with van der Waals surface area (Å²) in [5.41, 5.74) is 3.47. The van der Waals surface area contributed by atoms with Gasteiger partial charge in [-0.2, -0.15) is 5.10 Å². The minimum absolute atomic E-state index is 0.486. The SMILES string of the molecule is CCc1c(C)nn(-c2cc(Cl)nc(C3CC3)n2)c1C. The van der Waals surface area contributed by atoms with E-state index in [0.29, 0.717) is 11.1 Å². The molecular weight excluding hydrogens is 260 g/mol. The Morgan fingerprint density at radius 3 is 2.63 bits per heavy atom. The Balaban J connectivity index is 2.11. The third-order valence-corrected chi connectivity index (χ3v) is 3.85. The van der Waals surface area contributed by atoms with Crippen LogP contribution in [0.4, 0.5) is 0 Å². The summed E-state index contributed by atoms with van der Waals surface area (Å²) < 4.78 is 1.88. The van der Waals surface area contributed by atoms with Crippen LogP contribution in [0.3, 0.4) is 0 Å². The molecule has 2 aromatic heterocycles. The lowest BCUT2D eigenvalue weighted by molar-refractivity contribution is 0.780. The van der Waals surface area contributed by atoms with Crippen LogP contribution in [0.1, 0.15) is 48.5 Å². The fraction of sp³-hybridized carbons (Fsp3) is 0.500. The number of nitrogens with zero attached hydrogens (tertiary/aromatic N) is 4. The number of rotatable bonds is 3. The molecule has 0 bridgehead atoms. The second kappa shape index (κ2) is 4.60. The fourth-order valence-corrected chi connectivity index (χ4v) is 2.65. The van der Waals surface area contributed by atoms with E-state index >= 15 is 0 Å². The van der Waals surface area contributed by atoms with Gasteiger partial charge in [-0.05, 0) is 38.7 Å². The van der Waals surface area contributed by atoms with E-state index in [1.54, 1.807) is 6.07 Å². The van der Waals surface area contributed by atoms with Crippen LogP contribution in [0.2, 0.25) is 5.15 Å². The van der Waals surface area contributed by atoms with Crippen LogP contribution in [0, 0.1) is 13.8 Å². The molecule has 0 spiro atoms. The van der Waals surface area contributed by atoms with Crippen molar-refractivity contribution in [1.82, 2.24) is 19.7 Å². The standard InChI is InChI=1S/C14H17ClN4/c1-4-11-8(2)18-19(9(11)3)13-7-12(15)16-14(17-13)10-5-6-10/h7,10H,4-6H2,1-3H3. The molecule has 19 heavy (non-hydrogen) atoms. The van der Waals surface area contributed by atoms with Crippen LogP contribution in [0.15, 0.2) is 6.07 Å². The van der Waals surface area contributed by atoms with Crippen LogP contribution in [-0.2, 0) is 6.42 Å². The van der Waals surface area contributed by atoms with Crippen molar-refractivity contribution in [2.75, 3.05) is 0 Å². The lowest BCUT2D eigenvalue weighted by Crippen LogP contribution is -2.06. The third-order valence-electron chi connectivity index (χ3n) is 3.65. The van der Waals surface area contributed by atoms with Gasteiger partial charge >= 0.3 is 0 Å². The minimum atomic E-state index is 0.486. The molecule has 0 aliphatic heterocycles. The highest BCUT2D eigenvalue weighted by Gasteiger charge is 2.27. The predicted octanol–water partition coefficient (Wildman–Crippen LogP) is 3.37. The summed E-state index contributed by atoms with van der Waals surface area (Å²) in [6.07, 6.45) is 3.31. The average Bonchev–Trinajstić information content (AvgIpc) is 3.16. The Morgan fingerprint density at radius 2 is 2.05 bits per heavy atom. The van der Waals surface area contributed by atoms with E-state index in [4.69, 9.17) is 11.6 Å². The Morgan fingerprint density at radius 1 is 1.32 bits per heavy atom. The fourth-order valence-electron chi connectivity index (χ4n) is 2.47. The number of hydrogen-bond acceptors (Lipinski definition) is 3. The Labute approximate surface area is 117 Å². The van der Waals surface area contributed by atoms with Gasteiger partial charge in [0, 0.05) is 17.7 Å². The van der Waals surface area contributed by atoms with Crippen molar-refractivity contribution in [3.05, 3.63) is 34.0 Å². The zero-order chi connectivity index (χ0) is 13.6. The maximum Gasteiger partial charge on any atom is 0.158 e. The Kier molecular flexibility index (Phi) is 3.05. The second-order valence-corrected chi connectivity index (χ2v) is 5.48. The van der Waals surface area contributed by atoms with Gasteiger partial charge in [0.05, 0.1) is 5.69 Å². The highest BCUT2D eigenvalue weighted by Crippen LogP contribution is 2.38. The van der Waals surface area contributed by atoms with Crippen LogP contribution in [-0.4, -0.2) is 19.7 Å². The molecule has 100 valence electrons. The van der Waals surface area contributed by atoms with E-state index in [1.165, 1.54) is 5.56 Å². The summed E-state index contributed by atoms with van der Waals surface area (Å²) in [4.78, 5) is 8.93. The van der Waals surface area contributed by atoms with Crippen molar-refractivity contribution in [3.8, 4) is 5.82 Å². The van der Waals surface area contributed by atoms with Crippen molar-refractivity contribution < 1.29 is 0 Å². The molecule has 3 rings (SSSR count). The molecule has 1 aliphatic carbocycles. The van der Waals surface area contributed by atoms with Crippen molar-refractivity contribution in [3.63, 3.8) is 0 Å². The normalized spacial score (nSPS) is 14.9. The molecular formula is C14H17ClN4. The van der Waals surface area contributed by atoms with Gasteiger partial charge in [0.25, 0.3) is 0 Å². The summed E-state index contributed by atoms with van der Waals surface area (Å²) in [5, 5.41) is 5.08. The largest absolute Gasteiger partial charge is 0.221 e. The van der Waals surface area contributed by atoms with Crippen molar-refractivity contribution in [2.24, 2.45) is 0 Å². The molecule has 2 heterocycles. The average molecular weight is 277 g/mol. The lowest BCUT2D eigenvalue weighted by atomic mass is 10.1. The van der Waals surface area contributed by atoms with E-state index in [-0.39, 0.29) is 0 Å². The van der Waals surface area contributed by atoms with E-state index < -0.39 is 0 Å². The number of aryl methyl sites for hydroxylation is 1. The number of halogens is 1. The molecule has 0 radical (unpaired) electrons. The summed E-state index contributed by atoms with van der Waals surface area (Å²) >= 11 is 6.11. The summed E-state index contributed by atoms with van der Waals surface area (Å²) in [7, 11) is 0. The van der Waals surface area contributed by atoms with Crippen LogP contribution in [0.25, 0.3) is 5.82 Å².